The van der Waals surface area contributed by atoms with Gasteiger partial charge in [-0.15, -0.1) is 11.3 Å². The quantitative estimate of drug-likeness (QED) is 0.594. The van der Waals surface area contributed by atoms with E-state index in [1.165, 1.54) is 17.0 Å². The van der Waals surface area contributed by atoms with Gasteiger partial charge in [-0.3, -0.25) is 9.69 Å². The van der Waals surface area contributed by atoms with Crippen LogP contribution in [-0.2, 0) is 11.2 Å². The molecule has 0 saturated carbocycles. The van der Waals surface area contributed by atoms with Crippen LogP contribution in [0.3, 0.4) is 0 Å². The van der Waals surface area contributed by atoms with Gasteiger partial charge in [0.2, 0.25) is 5.91 Å². The molecule has 0 fully saturated rings. The highest BCUT2D eigenvalue weighted by Crippen LogP contribution is 2.34. The Balaban J connectivity index is 1.71. The van der Waals surface area contributed by atoms with E-state index in [0.717, 1.165) is 24.9 Å². The highest BCUT2D eigenvalue weighted by atomic mass is 32.1. The van der Waals surface area contributed by atoms with E-state index in [0.29, 0.717) is 31.4 Å². The monoisotopic (exact) mass is 448 g/mol. The number of nitrogens with zero attached hydrogens (tertiary/aromatic N) is 2. The third-order valence-electron chi connectivity index (χ3n) is 5.54. The van der Waals surface area contributed by atoms with Crippen molar-refractivity contribution in [1.29, 1.82) is 0 Å². The average Bonchev–Trinajstić information content (AvgIpc) is 3.20. The Labute approximate surface area is 188 Å². The van der Waals surface area contributed by atoms with Gasteiger partial charge in [0.1, 0.15) is 18.2 Å². The van der Waals surface area contributed by atoms with Crippen LogP contribution < -0.4 is 4.74 Å². The zero-order valence-electron chi connectivity index (χ0n) is 18.6. The molecule has 1 N–H and O–H groups in total. The topological polar surface area (TPSA) is 53.0 Å². The Morgan fingerprint density at radius 3 is 2.71 bits per heavy atom. The molecule has 1 aliphatic heterocycles. The summed E-state index contributed by atoms with van der Waals surface area (Å²) in [6.07, 6.45) is 1.34. The molecule has 1 aromatic carbocycles. The van der Waals surface area contributed by atoms with E-state index in [4.69, 9.17) is 4.74 Å². The molecule has 3 rings (SSSR count). The maximum absolute atomic E-state index is 13.3. The van der Waals surface area contributed by atoms with Crippen molar-refractivity contribution < 1.29 is 19.0 Å². The summed E-state index contributed by atoms with van der Waals surface area (Å²) in [5, 5.41) is 11.9. The number of ether oxygens (including phenoxy) is 1. The second-order valence-corrected chi connectivity index (χ2v) is 9.68. The molecular weight excluding hydrogens is 415 g/mol. The third-order valence-corrected chi connectivity index (χ3v) is 6.54. The molecule has 1 amide bonds. The Bertz CT molecular complexity index is 838. The molecule has 0 bridgehead atoms. The zero-order valence-corrected chi connectivity index (χ0v) is 19.4. The smallest absolute Gasteiger partial charge is 0.237 e. The van der Waals surface area contributed by atoms with E-state index in [1.54, 1.807) is 30.4 Å². The molecule has 0 radical (unpaired) electrons. The van der Waals surface area contributed by atoms with Gasteiger partial charge in [0, 0.05) is 18.0 Å². The first-order valence-corrected chi connectivity index (χ1v) is 11.9. The van der Waals surface area contributed by atoms with Crippen molar-refractivity contribution in [1.82, 2.24) is 9.80 Å². The summed E-state index contributed by atoms with van der Waals surface area (Å²) >= 11 is 1.71. The lowest BCUT2D eigenvalue weighted by Crippen LogP contribution is -2.47. The van der Waals surface area contributed by atoms with Crippen LogP contribution in [0.25, 0.3) is 0 Å². The Morgan fingerprint density at radius 2 is 2.03 bits per heavy atom. The number of aliphatic hydroxyl groups is 1. The van der Waals surface area contributed by atoms with Crippen LogP contribution in [0.2, 0.25) is 0 Å². The highest BCUT2D eigenvalue weighted by Gasteiger charge is 2.33. The summed E-state index contributed by atoms with van der Waals surface area (Å²) in [5.41, 5.74) is 1.14. The number of benzene rings is 1. The number of thiophene rings is 1. The maximum Gasteiger partial charge on any atom is 0.237 e. The molecule has 2 aromatic rings. The minimum Gasteiger partial charge on any atom is -0.491 e. The summed E-state index contributed by atoms with van der Waals surface area (Å²) in [6.45, 7) is 8.59. The van der Waals surface area contributed by atoms with Gasteiger partial charge >= 0.3 is 0 Å². The lowest BCUT2D eigenvalue weighted by Gasteiger charge is -2.37. The van der Waals surface area contributed by atoms with E-state index in [2.05, 4.69) is 25.3 Å². The second kappa shape index (κ2) is 11.1. The first-order chi connectivity index (χ1) is 14.8. The predicted octanol–water partition coefficient (Wildman–Crippen LogP) is 4.12. The van der Waals surface area contributed by atoms with Crippen molar-refractivity contribution in [2.75, 3.05) is 32.8 Å². The molecule has 1 aliphatic rings. The van der Waals surface area contributed by atoms with E-state index < -0.39 is 6.10 Å². The fraction of sp³-hybridized carbons (Fsp3) is 0.542. The Hall–Kier alpha value is -1.96. The first-order valence-electron chi connectivity index (χ1n) is 11.0. The largest absolute Gasteiger partial charge is 0.491 e. The lowest BCUT2D eigenvalue weighted by atomic mass is 10.0. The summed E-state index contributed by atoms with van der Waals surface area (Å²) in [5.74, 6) is 0.867. The van der Waals surface area contributed by atoms with E-state index in [-0.39, 0.29) is 24.3 Å². The number of hydrogen-bond acceptors (Lipinski definition) is 5. The fourth-order valence-corrected chi connectivity index (χ4v) is 4.84. The van der Waals surface area contributed by atoms with Crippen LogP contribution >= 0.6 is 11.3 Å². The minimum absolute atomic E-state index is 0.0500. The molecular formula is C24H33FN2O3S. The summed E-state index contributed by atoms with van der Waals surface area (Å²) in [6, 6.07) is 7.86. The standard InChI is InChI=1S/C24H33FN2O3S/c1-17(2)8-11-26(14-18(3)28)15-24(29)27-12-9-23-21(10-13-31-23)22(27)16-30-20-6-4-19(25)5-7-20/h4-7,10,13,17-18,22,28H,8-9,11-12,14-16H2,1-3H3/t18-,22-/m1/s1. The van der Waals surface area contributed by atoms with Crippen LogP contribution in [0.15, 0.2) is 35.7 Å². The normalized spacial score (nSPS) is 17.1. The zero-order chi connectivity index (χ0) is 22.4. The van der Waals surface area contributed by atoms with Crippen LogP contribution in [0.1, 0.15) is 43.7 Å². The van der Waals surface area contributed by atoms with Gasteiger partial charge in [0.15, 0.2) is 0 Å². The van der Waals surface area contributed by atoms with Gasteiger partial charge in [0.25, 0.3) is 0 Å². The van der Waals surface area contributed by atoms with E-state index in [9.17, 15) is 14.3 Å². The molecule has 0 aliphatic carbocycles. The predicted molar refractivity (Wildman–Crippen MR) is 122 cm³/mol. The van der Waals surface area contributed by atoms with E-state index >= 15 is 0 Å². The summed E-state index contributed by atoms with van der Waals surface area (Å²) < 4.78 is 19.1. The van der Waals surface area contributed by atoms with Crippen LogP contribution in [0, 0.1) is 11.7 Å². The minimum atomic E-state index is -0.484. The number of hydrogen-bond donors (Lipinski definition) is 1. The SMILES string of the molecule is CC(C)CCN(CC(=O)N1CCc2sccc2[C@H]1COc1ccc(F)cc1)C[C@@H](C)O. The molecule has 0 spiro atoms. The Morgan fingerprint density at radius 1 is 1.29 bits per heavy atom. The number of rotatable bonds is 10. The van der Waals surface area contributed by atoms with Crippen molar-refractivity contribution in [2.24, 2.45) is 5.92 Å². The highest BCUT2D eigenvalue weighted by molar-refractivity contribution is 7.10. The van der Waals surface area contributed by atoms with E-state index in [1.807, 2.05) is 9.80 Å². The average molecular weight is 449 g/mol. The van der Waals surface area contributed by atoms with Crippen molar-refractivity contribution in [3.63, 3.8) is 0 Å². The van der Waals surface area contributed by atoms with Gasteiger partial charge in [-0.05, 0) is 73.5 Å². The number of carbonyl (C=O) groups is 1. The number of carbonyl (C=O) groups excluding carboxylic acids is 1. The number of halogens is 1. The molecule has 0 unspecified atom stereocenters. The van der Waals surface area contributed by atoms with Gasteiger partial charge in [-0.25, -0.2) is 4.39 Å². The molecule has 0 saturated heterocycles. The van der Waals surface area contributed by atoms with Crippen LogP contribution in [0.4, 0.5) is 4.39 Å². The van der Waals surface area contributed by atoms with Gasteiger partial charge < -0.3 is 14.7 Å². The van der Waals surface area contributed by atoms with Crippen molar-refractivity contribution in [2.45, 2.75) is 45.8 Å². The molecule has 31 heavy (non-hydrogen) atoms. The molecule has 7 heteroatoms. The molecule has 170 valence electrons. The van der Waals surface area contributed by atoms with Gasteiger partial charge in [-0.1, -0.05) is 13.8 Å². The van der Waals surface area contributed by atoms with Crippen LogP contribution in [-0.4, -0.2) is 59.7 Å². The fourth-order valence-electron chi connectivity index (χ4n) is 3.91. The van der Waals surface area contributed by atoms with Crippen molar-refractivity contribution >= 4 is 17.2 Å². The second-order valence-electron chi connectivity index (χ2n) is 8.68. The summed E-state index contributed by atoms with van der Waals surface area (Å²) in [4.78, 5) is 18.6. The van der Waals surface area contributed by atoms with Gasteiger partial charge in [0.05, 0.1) is 18.7 Å². The maximum atomic E-state index is 13.3. The number of aliphatic hydroxyl groups excluding tert-OH is 1. The first kappa shape index (κ1) is 23.7. The number of fused-ring (bicyclic) bond motifs is 1. The Kier molecular flexibility index (Phi) is 8.46. The van der Waals surface area contributed by atoms with Crippen molar-refractivity contribution in [3.8, 4) is 5.75 Å². The third kappa shape index (κ3) is 6.76. The summed E-state index contributed by atoms with van der Waals surface area (Å²) in [7, 11) is 0. The molecule has 1 aromatic heterocycles. The molecule has 2 heterocycles. The molecule has 2 atom stereocenters. The van der Waals surface area contributed by atoms with Gasteiger partial charge in [-0.2, -0.15) is 0 Å². The van der Waals surface area contributed by atoms with Crippen molar-refractivity contribution in [3.05, 3.63) is 52.0 Å². The lowest BCUT2D eigenvalue weighted by molar-refractivity contribution is -0.136. The van der Waals surface area contributed by atoms with Crippen LogP contribution in [0.5, 0.6) is 5.75 Å². The number of amides is 1. The molecule has 5 nitrogen and oxygen atoms in total.